The maximum Gasteiger partial charge on any atom is 0.304 e. The maximum atomic E-state index is 13.6. The molecule has 0 amide bonds. The topological polar surface area (TPSA) is 43.1 Å². The zero-order chi connectivity index (χ0) is 13.8. The molecule has 3 nitrogen and oxygen atoms in total. The molecule has 1 saturated carbocycles. The van der Waals surface area contributed by atoms with Gasteiger partial charge in [0.15, 0.2) is 0 Å². The standard InChI is InChI=1S/C14H17ClFNO2/c15-12-5-3-1-2-4-11(12)8-10-6-7-14(17(18)19)13(16)9-10/h6-7,9,11-12H,1-5,8H2. The molecule has 0 saturated heterocycles. The number of benzene rings is 1. The normalized spacial score (nSPS) is 23.9. The molecule has 1 aromatic carbocycles. The van der Waals surface area contributed by atoms with Crippen LogP contribution in [0, 0.1) is 21.8 Å². The molecule has 0 aromatic heterocycles. The predicted octanol–water partition coefficient (Wildman–Crippen LogP) is 4.46. The SMILES string of the molecule is O=[N+]([O-])c1ccc(CC2CCCCCC2Cl)cc1F. The summed E-state index contributed by atoms with van der Waals surface area (Å²) in [6.07, 6.45) is 6.26. The van der Waals surface area contributed by atoms with Gasteiger partial charge in [-0.3, -0.25) is 10.1 Å². The summed E-state index contributed by atoms with van der Waals surface area (Å²) in [4.78, 5) is 9.87. The molecule has 1 fully saturated rings. The first-order chi connectivity index (χ1) is 9.08. The minimum Gasteiger partial charge on any atom is -0.258 e. The lowest BCUT2D eigenvalue weighted by Gasteiger charge is -2.19. The molecule has 1 aromatic rings. The molecule has 104 valence electrons. The molecule has 0 bridgehead atoms. The monoisotopic (exact) mass is 285 g/mol. The molecular weight excluding hydrogens is 269 g/mol. The first-order valence-corrected chi connectivity index (χ1v) is 7.08. The van der Waals surface area contributed by atoms with Crippen molar-refractivity contribution in [1.82, 2.24) is 0 Å². The molecule has 2 rings (SSSR count). The number of nitro benzene ring substituents is 1. The third-order valence-electron chi connectivity index (χ3n) is 3.77. The van der Waals surface area contributed by atoms with Crippen LogP contribution in [0.4, 0.5) is 10.1 Å². The van der Waals surface area contributed by atoms with E-state index >= 15 is 0 Å². The summed E-state index contributed by atoms with van der Waals surface area (Å²) >= 11 is 6.36. The fourth-order valence-corrected chi connectivity index (χ4v) is 3.07. The summed E-state index contributed by atoms with van der Waals surface area (Å²) in [6, 6.07) is 4.15. The highest BCUT2D eigenvalue weighted by Crippen LogP contribution is 2.31. The Morgan fingerprint density at radius 3 is 2.74 bits per heavy atom. The van der Waals surface area contributed by atoms with Gasteiger partial charge in [-0.2, -0.15) is 4.39 Å². The quantitative estimate of drug-likeness (QED) is 0.356. The van der Waals surface area contributed by atoms with Gasteiger partial charge in [0.25, 0.3) is 0 Å². The number of rotatable bonds is 3. The van der Waals surface area contributed by atoms with Crippen LogP contribution in [0.5, 0.6) is 0 Å². The molecular formula is C14H17ClFNO2. The minimum absolute atomic E-state index is 0.126. The Morgan fingerprint density at radius 1 is 1.32 bits per heavy atom. The van der Waals surface area contributed by atoms with Crippen molar-refractivity contribution in [2.45, 2.75) is 43.9 Å². The van der Waals surface area contributed by atoms with Gasteiger partial charge in [-0.1, -0.05) is 25.3 Å². The molecule has 2 unspecified atom stereocenters. The highest BCUT2D eigenvalue weighted by Gasteiger charge is 2.23. The third kappa shape index (κ3) is 3.66. The van der Waals surface area contributed by atoms with Gasteiger partial charge in [-0.05, 0) is 36.8 Å². The molecule has 0 N–H and O–H groups in total. The van der Waals surface area contributed by atoms with Crippen LogP contribution in [0.3, 0.4) is 0 Å². The summed E-state index contributed by atoms with van der Waals surface area (Å²) in [5, 5.41) is 10.7. The smallest absolute Gasteiger partial charge is 0.258 e. The first kappa shape index (κ1) is 14.3. The summed E-state index contributed by atoms with van der Waals surface area (Å²) in [7, 11) is 0. The second-order valence-corrected chi connectivity index (χ2v) is 5.72. The molecule has 19 heavy (non-hydrogen) atoms. The van der Waals surface area contributed by atoms with E-state index in [4.69, 9.17) is 11.6 Å². The van der Waals surface area contributed by atoms with Gasteiger partial charge in [0, 0.05) is 11.4 Å². The number of alkyl halides is 1. The maximum absolute atomic E-state index is 13.6. The van der Waals surface area contributed by atoms with Crippen molar-refractivity contribution < 1.29 is 9.31 Å². The van der Waals surface area contributed by atoms with Crippen molar-refractivity contribution in [1.29, 1.82) is 0 Å². The van der Waals surface area contributed by atoms with E-state index in [1.807, 2.05) is 0 Å². The Balaban J connectivity index is 2.10. The van der Waals surface area contributed by atoms with Crippen LogP contribution < -0.4 is 0 Å². The number of halogens is 2. The Labute approximate surface area is 116 Å². The van der Waals surface area contributed by atoms with E-state index in [9.17, 15) is 14.5 Å². The van der Waals surface area contributed by atoms with Crippen LogP contribution in [-0.4, -0.2) is 10.3 Å². The Bertz CT molecular complexity index is 467. The molecule has 0 radical (unpaired) electrons. The fraction of sp³-hybridized carbons (Fsp3) is 0.571. The Morgan fingerprint density at radius 2 is 2.05 bits per heavy atom. The Hall–Kier alpha value is -1.16. The highest BCUT2D eigenvalue weighted by molar-refractivity contribution is 6.20. The van der Waals surface area contributed by atoms with Crippen molar-refractivity contribution in [3.63, 3.8) is 0 Å². The minimum atomic E-state index is -0.762. The average Bonchev–Trinajstić information content (AvgIpc) is 2.55. The fourth-order valence-electron chi connectivity index (χ4n) is 2.70. The van der Waals surface area contributed by atoms with E-state index in [0.717, 1.165) is 31.2 Å². The summed E-state index contributed by atoms with van der Waals surface area (Å²) < 4.78 is 13.6. The van der Waals surface area contributed by atoms with Crippen LogP contribution in [-0.2, 0) is 6.42 Å². The zero-order valence-electron chi connectivity index (χ0n) is 10.6. The van der Waals surface area contributed by atoms with E-state index in [0.29, 0.717) is 12.3 Å². The molecule has 0 aliphatic heterocycles. The third-order valence-corrected chi connectivity index (χ3v) is 4.35. The van der Waals surface area contributed by atoms with Gasteiger partial charge in [0.05, 0.1) is 4.92 Å². The lowest BCUT2D eigenvalue weighted by molar-refractivity contribution is -0.387. The van der Waals surface area contributed by atoms with Crippen molar-refractivity contribution in [2.75, 3.05) is 0 Å². The second kappa shape index (κ2) is 6.33. The summed E-state index contributed by atoms with van der Waals surface area (Å²) in [5.41, 5.74) is 0.327. The predicted molar refractivity (Wildman–Crippen MR) is 73.0 cm³/mol. The van der Waals surface area contributed by atoms with Crippen LogP contribution >= 0.6 is 11.6 Å². The van der Waals surface area contributed by atoms with Crippen LogP contribution in [0.25, 0.3) is 0 Å². The molecule has 0 spiro atoms. The zero-order valence-corrected chi connectivity index (χ0v) is 11.4. The molecule has 0 heterocycles. The van der Waals surface area contributed by atoms with Crippen LogP contribution in [0.15, 0.2) is 18.2 Å². The van der Waals surface area contributed by atoms with Crippen LogP contribution in [0.2, 0.25) is 0 Å². The number of nitrogens with zero attached hydrogens (tertiary/aromatic N) is 1. The van der Waals surface area contributed by atoms with E-state index < -0.39 is 16.4 Å². The Kier molecular flexibility index (Phi) is 4.75. The van der Waals surface area contributed by atoms with Crippen LogP contribution in [0.1, 0.15) is 37.7 Å². The number of hydrogen-bond acceptors (Lipinski definition) is 2. The van der Waals surface area contributed by atoms with Crippen molar-refractivity contribution in [3.8, 4) is 0 Å². The second-order valence-electron chi connectivity index (χ2n) is 5.16. The van der Waals surface area contributed by atoms with Crippen molar-refractivity contribution >= 4 is 17.3 Å². The molecule has 2 atom stereocenters. The molecule has 1 aliphatic carbocycles. The van der Waals surface area contributed by atoms with E-state index in [1.165, 1.54) is 18.6 Å². The number of nitro groups is 1. The van der Waals surface area contributed by atoms with E-state index in [2.05, 4.69) is 0 Å². The lowest BCUT2D eigenvalue weighted by Crippen LogP contribution is -2.16. The molecule has 5 heteroatoms. The van der Waals surface area contributed by atoms with Gasteiger partial charge in [-0.15, -0.1) is 11.6 Å². The van der Waals surface area contributed by atoms with E-state index in [1.54, 1.807) is 6.07 Å². The van der Waals surface area contributed by atoms with Gasteiger partial charge < -0.3 is 0 Å². The van der Waals surface area contributed by atoms with Gasteiger partial charge in [0.2, 0.25) is 5.82 Å². The molecule has 1 aliphatic rings. The first-order valence-electron chi connectivity index (χ1n) is 6.65. The number of hydrogen-bond donors (Lipinski definition) is 0. The summed E-state index contributed by atoms with van der Waals surface area (Å²) in [6.45, 7) is 0. The van der Waals surface area contributed by atoms with Crippen molar-refractivity contribution in [2.24, 2.45) is 5.92 Å². The lowest BCUT2D eigenvalue weighted by atomic mass is 9.92. The van der Waals surface area contributed by atoms with Gasteiger partial charge in [-0.25, -0.2) is 0 Å². The van der Waals surface area contributed by atoms with E-state index in [-0.39, 0.29) is 5.38 Å². The average molecular weight is 286 g/mol. The highest BCUT2D eigenvalue weighted by atomic mass is 35.5. The van der Waals surface area contributed by atoms with Gasteiger partial charge in [0.1, 0.15) is 0 Å². The summed E-state index contributed by atoms with van der Waals surface area (Å²) in [5.74, 6) is -0.424. The van der Waals surface area contributed by atoms with Crippen molar-refractivity contribution in [3.05, 3.63) is 39.7 Å². The van der Waals surface area contributed by atoms with Gasteiger partial charge >= 0.3 is 5.69 Å². The largest absolute Gasteiger partial charge is 0.304 e.